The topological polar surface area (TPSA) is 69.8 Å². The van der Waals surface area contributed by atoms with Gasteiger partial charge in [0.2, 0.25) is 0 Å². The fraction of sp³-hybridized carbons (Fsp3) is 0.600. The Hall–Kier alpha value is -1.07. The second-order valence-electron chi connectivity index (χ2n) is 3.53. The molecule has 16 heavy (non-hydrogen) atoms. The summed E-state index contributed by atoms with van der Waals surface area (Å²) in [6.45, 7) is 4.62. The molecule has 6 heteroatoms. The van der Waals surface area contributed by atoms with Gasteiger partial charge in [-0.25, -0.2) is 0 Å². The molecule has 5 nitrogen and oxygen atoms in total. The van der Waals surface area contributed by atoms with Gasteiger partial charge < -0.3 is 10.6 Å². The molecule has 0 radical (unpaired) electrons. The molecule has 0 bridgehead atoms. The van der Waals surface area contributed by atoms with E-state index in [2.05, 4.69) is 20.8 Å². The highest BCUT2D eigenvalue weighted by Crippen LogP contribution is 1.99. The van der Waals surface area contributed by atoms with Crippen molar-refractivity contribution in [2.75, 3.05) is 13.6 Å². The molecule has 1 rings (SSSR count). The number of aromatic amines is 1. The summed E-state index contributed by atoms with van der Waals surface area (Å²) in [4.78, 5) is 11.6. The zero-order chi connectivity index (χ0) is 11.3. The highest BCUT2D eigenvalue weighted by molar-refractivity contribution is 5.92. The van der Waals surface area contributed by atoms with Crippen LogP contribution in [-0.4, -0.2) is 35.7 Å². The number of aryl methyl sites for hydroxylation is 1. The molecule has 1 atom stereocenters. The lowest BCUT2D eigenvalue weighted by Gasteiger charge is -2.09. The van der Waals surface area contributed by atoms with Gasteiger partial charge in [0.15, 0.2) is 0 Å². The number of halogens is 1. The third-order valence-corrected chi connectivity index (χ3v) is 2.31. The van der Waals surface area contributed by atoms with Gasteiger partial charge in [-0.3, -0.25) is 9.89 Å². The van der Waals surface area contributed by atoms with E-state index in [1.54, 1.807) is 6.07 Å². The van der Waals surface area contributed by atoms with E-state index in [4.69, 9.17) is 0 Å². The average molecular weight is 247 g/mol. The van der Waals surface area contributed by atoms with Crippen molar-refractivity contribution in [1.29, 1.82) is 0 Å². The summed E-state index contributed by atoms with van der Waals surface area (Å²) in [6.07, 6.45) is 0.854. The zero-order valence-electron chi connectivity index (χ0n) is 9.83. The number of amides is 1. The lowest BCUT2D eigenvalue weighted by atomic mass is 10.3. The number of nitrogens with one attached hydrogen (secondary N) is 3. The van der Waals surface area contributed by atoms with Crippen LogP contribution in [0.5, 0.6) is 0 Å². The molecule has 0 aliphatic rings. The second kappa shape index (κ2) is 7.24. The first-order valence-corrected chi connectivity index (χ1v) is 5.17. The lowest BCUT2D eigenvalue weighted by Crippen LogP contribution is -2.37. The minimum Gasteiger partial charge on any atom is -0.349 e. The maximum absolute atomic E-state index is 11.6. The maximum Gasteiger partial charge on any atom is 0.271 e. The van der Waals surface area contributed by atoms with Crippen LogP contribution < -0.4 is 10.6 Å². The highest BCUT2D eigenvalue weighted by Gasteiger charge is 2.10. The molecular formula is C10H19ClN4O. The molecule has 1 heterocycles. The van der Waals surface area contributed by atoms with Gasteiger partial charge in [-0.2, -0.15) is 5.10 Å². The van der Waals surface area contributed by atoms with Gasteiger partial charge in [-0.1, -0.05) is 6.92 Å². The zero-order valence-corrected chi connectivity index (χ0v) is 10.6. The molecule has 0 aliphatic carbocycles. The van der Waals surface area contributed by atoms with Crippen molar-refractivity contribution in [3.8, 4) is 0 Å². The van der Waals surface area contributed by atoms with Crippen LogP contribution in [0.3, 0.4) is 0 Å². The Bertz CT molecular complexity index is 326. The molecular weight excluding hydrogens is 228 g/mol. The molecule has 3 N–H and O–H groups in total. The number of aromatic nitrogens is 2. The Labute approximate surface area is 102 Å². The van der Waals surface area contributed by atoms with Crippen molar-refractivity contribution in [3.63, 3.8) is 0 Å². The summed E-state index contributed by atoms with van der Waals surface area (Å²) in [7, 11) is 1.86. The highest BCUT2D eigenvalue weighted by atomic mass is 35.5. The van der Waals surface area contributed by atoms with E-state index < -0.39 is 0 Å². The van der Waals surface area contributed by atoms with Crippen LogP contribution in [0.1, 0.15) is 30.0 Å². The predicted octanol–water partition coefficient (Wildman–Crippen LogP) is 0.732. The van der Waals surface area contributed by atoms with E-state index in [1.807, 2.05) is 20.9 Å². The Kier molecular flexibility index (Phi) is 6.76. The Morgan fingerprint density at radius 3 is 2.81 bits per heavy atom. The van der Waals surface area contributed by atoms with E-state index in [1.165, 1.54) is 0 Å². The number of hydrogen-bond donors (Lipinski definition) is 3. The monoisotopic (exact) mass is 246 g/mol. The number of carbonyl (C=O) groups excluding carboxylic acids is 1. The van der Waals surface area contributed by atoms with Crippen molar-refractivity contribution in [2.24, 2.45) is 0 Å². The molecule has 0 saturated heterocycles. The van der Waals surface area contributed by atoms with Crippen LogP contribution in [0, 0.1) is 0 Å². The third kappa shape index (κ3) is 4.20. The Balaban J connectivity index is 0.00000225. The molecule has 1 aromatic heterocycles. The number of rotatable bonds is 5. The average Bonchev–Trinajstić information content (AvgIpc) is 2.73. The number of hydrogen-bond acceptors (Lipinski definition) is 3. The van der Waals surface area contributed by atoms with Gasteiger partial charge in [-0.05, 0) is 26.5 Å². The number of H-pyrrole nitrogens is 1. The summed E-state index contributed by atoms with van der Waals surface area (Å²) in [5.74, 6) is -0.131. The van der Waals surface area contributed by atoms with E-state index in [0.29, 0.717) is 12.2 Å². The quantitative estimate of drug-likeness (QED) is 0.718. The van der Waals surface area contributed by atoms with Crippen molar-refractivity contribution in [2.45, 2.75) is 26.3 Å². The van der Waals surface area contributed by atoms with E-state index in [9.17, 15) is 4.79 Å². The summed E-state index contributed by atoms with van der Waals surface area (Å²) in [6, 6.07) is 2.04. The van der Waals surface area contributed by atoms with Crippen LogP contribution in [0.15, 0.2) is 6.07 Å². The van der Waals surface area contributed by atoms with Gasteiger partial charge in [0.1, 0.15) is 5.69 Å². The third-order valence-electron chi connectivity index (χ3n) is 2.31. The largest absolute Gasteiger partial charge is 0.349 e. The Morgan fingerprint density at radius 1 is 1.62 bits per heavy atom. The SMILES string of the molecule is CCc1cc(C(=O)NCC(C)NC)n[nH]1.Cl. The minimum atomic E-state index is -0.131. The molecule has 1 amide bonds. The molecule has 1 aromatic rings. The van der Waals surface area contributed by atoms with Gasteiger partial charge >= 0.3 is 0 Å². The van der Waals surface area contributed by atoms with Gasteiger partial charge in [0.25, 0.3) is 5.91 Å². The van der Waals surface area contributed by atoms with Gasteiger partial charge in [-0.15, -0.1) is 12.4 Å². The Morgan fingerprint density at radius 2 is 2.31 bits per heavy atom. The first kappa shape index (κ1) is 14.9. The van der Waals surface area contributed by atoms with Crippen LogP contribution in [-0.2, 0) is 6.42 Å². The molecule has 0 aromatic carbocycles. The molecule has 0 saturated carbocycles. The fourth-order valence-electron chi connectivity index (χ4n) is 1.10. The van der Waals surface area contributed by atoms with Crippen LogP contribution in [0.2, 0.25) is 0 Å². The van der Waals surface area contributed by atoms with E-state index in [0.717, 1.165) is 12.1 Å². The standard InChI is InChI=1S/C10H18N4O.ClH/c1-4-8-5-9(14-13-8)10(15)12-6-7(2)11-3;/h5,7,11H,4,6H2,1-3H3,(H,12,15)(H,13,14);1H. The second-order valence-corrected chi connectivity index (χ2v) is 3.53. The van der Waals surface area contributed by atoms with Gasteiger partial charge in [0, 0.05) is 18.3 Å². The summed E-state index contributed by atoms with van der Waals surface area (Å²) >= 11 is 0. The number of likely N-dealkylation sites (N-methyl/N-ethyl adjacent to an activating group) is 1. The summed E-state index contributed by atoms with van der Waals surface area (Å²) in [5, 5.41) is 12.6. The number of nitrogens with zero attached hydrogens (tertiary/aromatic N) is 1. The summed E-state index contributed by atoms with van der Waals surface area (Å²) < 4.78 is 0. The fourth-order valence-corrected chi connectivity index (χ4v) is 1.10. The van der Waals surface area contributed by atoms with Crippen LogP contribution in [0.4, 0.5) is 0 Å². The van der Waals surface area contributed by atoms with Crippen molar-refractivity contribution in [1.82, 2.24) is 20.8 Å². The van der Waals surface area contributed by atoms with Crippen molar-refractivity contribution >= 4 is 18.3 Å². The normalized spacial score (nSPS) is 11.7. The minimum absolute atomic E-state index is 0. The maximum atomic E-state index is 11.6. The molecule has 0 fully saturated rings. The smallest absolute Gasteiger partial charge is 0.271 e. The lowest BCUT2D eigenvalue weighted by molar-refractivity contribution is 0.0945. The van der Waals surface area contributed by atoms with Gasteiger partial charge in [0.05, 0.1) is 0 Å². The van der Waals surface area contributed by atoms with E-state index >= 15 is 0 Å². The molecule has 0 spiro atoms. The molecule has 1 unspecified atom stereocenters. The molecule has 0 aliphatic heterocycles. The summed E-state index contributed by atoms with van der Waals surface area (Å²) in [5.41, 5.74) is 1.43. The van der Waals surface area contributed by atoms with Crippen LogP contribution in [0.25, 0.3) is 0 Å². The van der Waals surface area contributed by atoms with Crippen LogP contribution >= 0.6 is 12.4 Å². The number of carbonyl (C=O) groups is 1. The van der Waals surface area contributed by atoms with Crippen molar-refractivity contribution < 1.29 is 4.79 Å². The van der Waals surface area contributed by atoms with E-state index in [-0.39, 0.29) is 24.4 Å². The van der Waals surface area contributed by atoms with Crippen molar-refractivity contribution in [3.05, 3.63) is 17.5 Å². The predicted molar refractivity (Wildman–Crippen MR) is 66.1 cm³/mol. The first-order chi connectivity index (χ1) is 7.17. The molecule has 92 valence electrons. The first-order valence-electron chi connectivity index (χ1n) is 5.17.